The molecule has 0 unspecified atom stereocenters. The van der Waals surface area contributed by atoms with E-state index in [-0.39, 0.29) is 0 Å². The molecule has 4 nitrogen and oxygen atoms in total. The summed E-state index contributed by atoms with van der Waals surface area (Å²) >= 11 is 0. The maximum Gasteiger partial charge on any atom is 0.140 e. The van der Waals surface area contributed by atoms with Crippen LogP contribution in [-0.2, 0) is 7.05 Å². The van der Waals surface area contributed by atoms with E-state index in [1.165, 1.54) is 27.4 Å². The van der Waals surface area contributed by atoms with E-state index in [4.69, 9.17) is 4.98 Å². The van der Waals surface area contributed by atoms with Gasteiger partial charge in [0.15, 0.2) is 0 Å². The first-order valence-electron chi connectivity index (χ1n) is 13.8. The van der Waals surface area contributed by atoms with Crippen molar-refractivity contribution in [1.29, 1.82) is 0 Å². The molecule has 3 aromatic heterocycles. The molecule has 0 saturated heterocycles. The molecule has 0 saturated carbocycles. The van der Waals surface area contributed by atoms with Crippen LogP contribution in [-0.4, -0.2) is 19.1 Å². The van der Waals surface area contributed by atoms with E-state index >= 15 is 0 Å². The van der Waals surface area contributed by atoms with E-state index < -0.39 is 0 Å². The predicted molar refractivity (Wildman–Crippen MR) is 169 cm³/mol. The van der Waals surface area contributed by atoms with Crippen molar-refractivity contribution in [2.75, 3.05) is 0 Å². The largest absolute Gasteiger partial charge is 0.327 e. The van der Waals surface area contributed by atoms with Crippen molar-refractivity contribution in [1.82, 2.24) is 19.1 Å². The van der Waals surface area contributed by atoms with Crippen LogP contribution in [0.25, 0.3) is 72.3 Å². The number of rotatable bonds is 4. The molecule has 0 amide bonds. The number of benzene rings is 5. The summed E-state index contributed by atoms with van der Waals surface area (Å²) < 4.78 is 4.59. The molecule has 0 spiro atoms. The topological polar surface area (TPSA) is 35.6 Å². The van der Waals surface area contributed by atoms with Crippen molar-refractivity contribution in [3.63, 3.8) is 0 Å². The highest BCUT2D eigenvalue weighted by atomic mass is 15.1. The number of hydrogen-bond donors (Lipinski definition) is 0. The number of imidazole rings is 1. The summed E-state index contributed by atoms with van der Waals surface area (Å²) in [5.74, 6) is 0.954. The molecule has 0 fully saturated rings. The van der Waals surface area contributed by atoms with Gasteiger partial charge in [0.2, 0.25) is 0 Å². The summed E-state index contributed by atoms with van der Waals surface area (Å²) in [6.45, 7) is 0. The van der Waals surface area contributed by atoms with E-state index in [0.717, 1.165) is 44.9 Å². The summed E-state index contributed by atoms with van der Waals surface area (Å²) in [5, 5.41) is 2.43. The highest BCUT2D eigenvalue weighted by Crippen LogP contribution is 2.40. The third kappa shape index (κ3) is 3.76. The third-order valence-corrected chi connectivity index (χ3v) is 7.98. The molecule has 3 heterocycles. The van der Waals surface area contributed by atoms with Gasteiger partial charge in [0, 0.05) is 46.4 Å². The fourth-order valence-corrected chi connectivity index (χ4v) is 6.07. The molecular weight excluding hydrogens is 500 g/mol. The third-order valence-electron chi connectivity index (χ3n) is 7.98. The minimum atomic E-state index is 0.954. The Morgan fingerprint density at radius 3 is 2.22 bits per heavy atom. The molecule has 0 radical (unpaired) electrons. The van der Waals surface area contributed by atoms with Crippen LogP contribution < -0.4 is 0 Å². The molecule has 0 aliphatic rings. The van der Waals surface area contributed by atoms with E-state index in [2.05, 4.69) is 136 Å². The Morgan fingerprint density at radius 2 is 1.37 bits per heavy atom. The standard InChI is InChI=1S/C37H26N4/c1-40-34-19-6-5-18-33(34)39-37(40)27-20-21-30-31-16-10-15-29(25-11-3-2-4-12-25)36(31)41(35(30)24-27)28-14-9-13-26(23-28)32-17-7-8-22-38-32/h2-24H,1H3. The lowest BCUT2D eigenvalue weighted by Crippen LogP contribution is -1.97. The zero-order valence-corrected chi connectivity index (χ0v) is 22.6. The van der Waals surface area contributed by atoms with Crippen molar-refractivity contribution in [3.8, 4) is 39.5 Å². The van der Waals surface area contributed by atoms with Crippen molar-refractivity contribution >= 4 is 32.8 Å². The SMILES string of the molecule is Cn1c(-c2ccc3c4cccc(-c5ccccc5)c4n(-c4cccc(-c5ccccn5)c4)c3c2)nc2ccccc21. The van der Waals surface area contributed by atoms with Crippen LogP contribution in [0, 0.1) is 0 Å². The van der Waals surface area contributed by atoms with Gasteiger partial charge in [-0.2, -0.15) is 0 Å². The second-order valence-electron chi connectivity index (χ2n) is 10.4. The second kappa shape index (κ2) is 9.32. The van der Waals surface area contributed by atoms with E-state index in [1.54, 1.807) is 0 Å². The minimum Gasteiger partial charge on any atom is -0.327 e. The normalized spacial score (nSPS) is 11.5. The summed E-state index contributed by atoms with van der Waals surface area (Å²) in [4.78, 5) is 9.64. The summed E-state index contributed by atoms with van der Waals surface area (Å²) in [7, 11) is 2.09. The van der Waals surface area contributed by atoms with Gasteiger partial charge in [-0.25, -0.2) is 4.98 Å². The minimum absolute atomic E-state index is 0.954. The Balaban J connectivity index is 1.45. The first-order valence-corrected chi connectivity index (χ1v) is 13.8. The first-order chi connectivity index (χ1) is 20.3. The Bertz CT molecular complexity index is 2210. The molecule has 0 bridgehead atoms. The number of aromatic nitrogens is 4. The lowest BCUT2D eigenvalue weighted by atomic mass is 10.0. The van der Waals surface area contributed by atoms with Gasteiger partial charge in [-0.1, -0.05) is 91.0 Å². The molecule has 5 aromatic carbocycles. The maximum atomic E-state index is 5.01. The van der Waals surface area contributed by atoms with Gasteiger partial charge in [0.05, 0.1) is 27.8 Å². The Morgan fingerprint density at radius 1 is 0.561 bits per heavy atom. The number of hydrogen-bond acceptors (Lipinski definition) is 2. The van der Waals surface area contributed by atoms with Crippen LogP contribution in [0.4, 0.5) is 0 Å². The van der Waals surface area contributed by atoms with Crippen molar-refractivity contribution in [3.05, 3.63) is 140 Å². The molecule has 8 rings (SSSR count). The van der Waals surface area contributed by atoms with Crippen LogP contribution in [0.15, 0.2) is 140 Å². The number of para-hydroxylation sites is 3. The average Bonchev–Trinajstić information content (AvgIpc) is 3.56. The lowest BCUT2D eigenvalue weighted by Gasteiger charge is -2.13. The molecule has 0 N–H and O–H groups in total. The van der Waals surface area contributed by atoms with Gasteiger partial charge in [0.1, 0.15) is 5.82 Å². The molecule has 0 aliphatic heterocycles. The summed E-state index contributed by atoms with van der Waals surface area (Å²) in [5.41, 5.74) is 11.1. The zero-order valence-electron chi connectivity index (χ0n) is 22.6. The van der Waals surface area contributed by atoms with Crippen LogP contribution in [0.1, 0.15) is 0 Å². The van der Waals surface area contributed by atoms with Gasteiger partial charge >= 0.3 is 0 Å². The molecule has 4 heteroatoms. The van der Waals surface area contributed by atoms with E-state index in [0.29, 0.717) is 0 Å². The highest BCUT2D eigenvalue weighted by Gasteiger charge is 2.19. The predicted octanol–water partition coefficient (Wildman–Crippen LogP) is 9.07. The second-order valence-corrected chi connectivity index (χ2v) is 10.4. The number of fused-ring (bicyclic) bond motifs is 4. The highest BCUT2D eigenvalue weighted by molar-refractivity contribution is 6.14. The molecular formula is C37H26N4. The number of nitrogens with zero attached hydrogens (tertiary/aromatic N) is 4. The van der Waals surface area contributed by atoms with Gasteiger partial charge in [-0.05, 0) is 48.0 Å². The van der Waals surface area contributed by atoms with Gasteiger partial charge in [0.25, 0.3) is 0 Å². The Labute approximate surface area is 237 Å². The van der Waals surface area contributed by atoms with E-state index in [1.807, 2.05) is 24.4 Å². The average molecular weight is 527 g/mol. The van der Waals surface area contributed by atoms with Crippen LogP contribution in [0.3, 0.4) is 0 Å². The van der Waals surface area contributed by atoms with Crippen molar-refractivity contribution in [2.24, 2.45) is 7.05 Å². The first kappa shape index (κ1) is 23.4. The molecule has 0 aliphatic carbocycles. The molecule has 41 heavy (non-hydrogen) atoms. The Hall–Kier alpha value is -5.48. The van der Waals surface area contributed by atoms with Crippen LogP contribution in [0.2, 0.25) is 0 Å². The maximum absolute atomic E-state index is 5.01. The van der Waals surface area contributed by atoms with E-state index in [9.17, 15) is 0 Å². The quantitative estimate of drug-likeness (QED) is 0.229. The fraction of sp³-hybridized carbons (Fsp3) is 0.0270. The lowest BCUT2D eigenvalue weighted by molar-refractivity contribution is 0.959. The summed E-state index contributed by atoms with van der Waals surface area (Å²) in [6.07, 6.45) is 1.85. The zero-order chi connectivity index (χ0) is 27.3. The molecule has 194 valence electrons. The summed E-state index contributed by atoms with van der Waals surface area (Å²) in [6, 6.07) is 47.0. The smallest absolute Gasteiger partial charge is 0.140 e. The van der Waals surface area contributed by atoms with Crippen LogP contribution >= 0.6 is 0 Å². The molecule has 8 aromatic rings. The van der Waals surface area contributed by atoms with Gasteiger partial charge in [-0.3, -0.25) is 4.98 Å². The monoisotopic (exact) mass is 526 g/mol. The number of pyridine rings is 1. The fourth-order valence-electron chi connectivity index (χ4n) is 6.07. The van der Waals surface area contributed by atoms with Crippen molar-refractivity contribution < 1.29 is 0 Å². The molecule has 0 atom stereocenters. The van der Waals surface area contributed by atoms with Crippen LogP contribution in [0.5, 0.6) is 0 Å². The van der Waals surface area contributed by atoms with Gasteiger partial charge < -0.3 is 9.13 Å². The van der Waals surface area contributed by atoms with Gasteiger partial charge in [-0.15, -0.1) is 0 Å². The van der Waals surface area contributed by atoms with Crippen molar-refractivity contribution in [2.45, 2.75) is 0 Å². The number of aryl methyl sites for hydroxylation is 1. The Kier molecular flexibility index (Phi) is 5.32.